The van der Waals surface area contributed by atoms with Crippen LogP contribution in [0.4, 0.5) is 8.78 Å². The van der Waals surface area contributed by atoms with E-state index in [1.54, 1.807) is 0 Å². The zero-order valence-corrected chi connectivity index (χ0v) is 15.2. The van der Waals surface area contributed by atoms with E-state index in [4.69, 9.17) is 4.55 Å². The molecule has 0 aromatic carbocycles. The number of rotatable bonds is 4. The maximum Gasteiger partial charge on any atom is 0.465 e. The van der Waals surface area contributed by atoms with E-state index in [9.17, 15) is 22.0 Å². The Labute approximate surface area is 140 Å². The summed E-state index contributed by atoms with van der Waals surface area (Å²) in [5.41, 5.74) is 0.103. The molecule has 0 bridgehead atoms. The van der Waals surface area contributed by atoms with Gasteiger partial charge in [-0.15, -0.1) is 0 Å². The molecule has 2 atom stereocenters. The summed E-state index contributed by atoms with van der Waals surface area (Å²) >= 11 is 0. The maximum atomic E-state index is 13.3. The van der Waals surface area contributed by atoms with Crippen LogP contribution >= 0.6 is 0 Å². The lowest BCUT2D eigenvalue weighted by Gasteiger charge is -2.81. The van der Waals surface area contributed by atoms with Gasteiger partial charge in [-0.2, -0.15) is 17.2 Å². The van der Waals surface area contributed by atoms with Crippen molar-refractivity contribution in [1.82, 2.24) is 0 Å². The van der Waals surface area contributed by atoms with Crippen molar-refractivity contribution >= 4 is 16.1 Å². The highest BCUT2D eigenvalue weighted by molar-refractivity contribution is 7.87. The lowest BCUT2D eigenvalue weighted by Crippen LogP contribution is -2.73. The summed E-state index contributed by atoms with van der Waals surface area (Å²) in [4.78, 5) is 11.4. The Kier molecular flexibility index (Phi) is 3.38. The molecule has 8 heteroatoms. The number of hydrogen-bond acceptors (Lipinski definition) is 4. The van der Waals surface area contributed by atoms with Crippen molar-refractivity contribution in [1.29, 1.82) is 0 Å². The molecule has 3 aliphatic carbocycles. The number of ether oxygens (including phenoxy) is 1. The van der Waals surface area contributed by atoms with E-state index >= 15 is 0 Å². The fraction of sp³-hybridized carbons (Fsp3) is 0.938. The van der Waals surface area contributed by atoms with Gasteiger partial charge in [-0.3, -0.25) is 4.55 Å². The van der Waals surface area contributed by atoms with E-state index < -0.39 is 26.8 Å². The van der Waals surface area contributed by atoms with E-state index in [0.717, 1.165) is 25.7 Å². The Morgan fingerprint density at radius 1 is 1.08 bits per heavy atom. The average molecular weight is 366 g/mol. The molecule has 0 saturated heterocycles. The van der Waals surface area contributed by atoms with Gasteiger partial charge in [0.25, 0.3) is 0 Å². The Bertz CT molecular complexity index is 681. The maximum absolute atomic E-state index is 13.3. The molecule has 0 radical (unpaired) electrons. The molecule has 5 nitrogen and oxygen atoms in total. The second-order valence-electron chi connectivity index (χ2n) is 9.48. The normalized spacial score (nSPS) is 47.2. The summed E-state index contributed by atoms with van der Waals surface area (Å²) in [6.45, 7) is 8.31. The zero-order chi connectivity index (χ0) is 18.4. The van der Waals surface area contributed by atoms with Crippen molar-refractivity contribution < 1.29 is 31.3 Å². The Hall–Kier alpha value is -0.760. The molecule has 3 aliphatic rings. The van der Waals surface area contributed by atoms with Crippen molar-refractivity contribution in [3.05, 3.63) is 0 Å². The minimum Gasteiger partial charge on any atom is -0.460 e. The molecule has 3 fully saturated rings. The summed E-state index contributed by atoms with van der Waals surface area (Å²) in [5.74, 6) is -1.61. The predicted molar refractivity (Wildman–Crippen MR) is 81.8 cm³/mol. The van der Waals surface area contributed by atoms with Gasteiger partial charge in [-0.05, 0) is 47.8 Å². The lowest BCUT2D eigenvalue weighted by molar-refractivity contribution is -0.323. The molecule has 0 aliphatic heterocycles. The summed E-state index contributed by atoms with van der Waals surface area (Å²) in [5, 5.41) is -4.93. The summed E-state index contributed by atoms with van der Waals surface area (Å²) in [6, 6.07) is 0. The van der Waals surface area contributed by atoms with E-state index in [1.165, 1.54) is 0 Å². The molecule has 138 valence electrons. The van der Waals surface area contributed by atoms with Crippen LogP contribution < -0.4 is 0 Å². The summed E-state index contributed by atoms with van der Waals surface area (Å²) in [6.07, 6.45) is 3.65. The van der Waals surface area contributed by atoms with Gasteiger partial charge in [-0.25, -0.2) is 4.79 Å². The molecule has 0 heterocycles. The first-order chi connectivity index (χ1) is 10.6. The monoisotopic (exact) mass is 366 g/mol. The number of esters is 1. The van der Waals surface area contributed by atoms with Gasteiger partial charge >= 0.3 is 21.3 Å². The van der Waals surface area contributed by atoms with Crippen molar-refractivity contribution in [2.24, 2.45) is 27.6 Å². The van der Waals surface area contributed by atoms with Gasteiger partial charge in [-0.1, -0.05) is 27.7 Å². The van der Waals surface area contributed by atoms with Crippen LogP contribution in [0.1, 0.15) is 53.4 Å². The smallest absolute Gasteiger partial charge is 0.460 e. The predicted octanol–water partition coefficient (Wildman–Crippen LogP) is 3.25. The molecule has 2 unspecified atom stereocenters. The van der Waals surface area contributed by atoms with Crippen LogP contribution in [0.5, 0.6) is 0 Å². The third kappa shape index (κ3) is 2.25. The number of carbonyl (C=O) groups is 1. The first-order valence-electron chi connectivity index (χ1n) is 8.09. The number of carbonyl (C=O) groups excluding carboxylic acids is 1. The van der Waals surface area contributed by atoms with E-state index in [2.05, 4.69) is 25.5 Å². The third-order valence-electron chi connectivity index (χ3n) is 6.48. The first kappa shape index (κ1) is 18.0. The minimum absolute atomic E-state index is 0.104. The SMILES string of the molecule is CC1(COC(=O)C(F)(F)S(=O)(=O)O)CC2(C)CC3(C)CC(C)(C1)C23. The Morgan fingerprint density at radius 3 is 1.88 bits per heavy atom. The molecule has 3 rings (SSSR count). The van der Waals surface area contributed by atoms with E-state index in [-0.39, 0.29) is 17.4 Å². The standard InChI is InChI=1S/C16H24F2O5S/c1-12(9-23-11(19)16(17,18)24(20,21)22)5-13(2)7-15(4)8-14(3,6-12)10(13)15/h10H,5-9H2,1-4H3,(H,20,21,22). The minimum atomic E-state index is -5.83. The van der Waals surface area contributed by atoms with Crippen LogP contribution in [-0.2, 0) is 19.6 Å². The Balaban J connectivity index is 1.71. The molecule has 0 aromatic heterocycles. The first-order valence-corrected chi connectivity index (χ1v) is 9.53. The summed E-state index contributed by atoms with van der Waals surface area (Å²) < 4.78 is 61.0. The van der Waals surface area contributed by atoms with E-state index in [1.807, 2.05) is 6.92 Å². The quantitative estimate of drug-likeness (QED) is 0.610. The molecular weight excluding hydrogens is 342 g/mol. The van der Waals surface area contributed by atoms with Crippen molar-refractivity contribution in [3.8, 4) is 0 Å². The second-order valence-corrected chi connectivity index (χ2v) is 10.9. The van der Waals surface area contributed by atoms with Crippen LogP contribution in [0.25, 0.3) is 0 Å². The van der Waals surface area contributed by atoms with Gasteiger partial charge in [0.15, 0.2) is 0 Å². The fourth-order valence-electron chi connectivity index (χ4n) is 7.45. The van der Waals surface area contributed by atoms with E-state index in [0.29, 0.717) is 11.3 Å². The second kappa shape index (κ2) is 4.50. The molecule has 3 saturated carbocycles. The highest BCUT2D eigenvalue weighted by Crippen LogP contribution is 2.83. The fourth-order valence-corrected chi connectivity index (χ4v) is 7.72. The van der Waals surface area contributed by atoms with Gasteiger partial charge in [0.1, 0.15) is 0 Å². The van der Waals surface area contributed by atoms with Crippen LogP contribution in [0.2, 0.25) is 0 Å². The van der Waals surface area contributed by atoms with Gasteiger partial charge < -0.3 is 4.74 Å². The van der Waals surface area contributed by atoms with Crippen LogP contribution in [0.15, 0.2) is 0 Å². The average Bonchev–Trinajstić information content (AvgIpc) is 2.29. The zero-order valence-electron chi connectivity index (χ0n) is 14.4. The highest BCUT2D eigenvalue weighted by atomic mass is 32.2. The van der Waals surface area contributed by atoms with Crippen molar-refractivity contribution in [2.45, 2.75) is 58.6 Å². The molecule has 0 spiro atoms. The molecule has 0 amide bonds. The Morgan fingerprint density at radius 2 is 1.50 bits per heavy atom. The van der Waals surface area contributed by atoms with Crippen molar-refractivity contribution in [3.63, 3.8) is 0 Å². The largest absolute Gasteiger partial charge is 0.465 e. The highest BCUT2D eigenvalue weighted by Gasteiger charge is 2.76. The van der Waals surface area contributed by atoms with Crippen LogP contribution in [0.3, 0.4) is 0 Å². The van der Waals surface area contributed by atoms with Gasteiger partial charge in [0.2, 0.25) is 0 Å². The van der Waals surface area contributed by atoms with Crippen LogP contribution in [-0.4, -0.2) is 30.8 Å². The third-order valence-corrected chi connectivity index (χ3v) is 7.30. The molecule has 1 N–H and O–H groups in total. The van der Waals surface area contributed by atoms with Gasteiger partial charge in [0, 0.05) is 5.41 Å². The number of alkyl halides is 2. The van der Waals surface area contributed by atoms with Crippen molar-refractivity contribution in [2.75, 3.05) is 6.61 Å². The molecule has 24 heavy (non-hydrogen) atoms. The summed E-state index contributed by atoms with van der Waals surface area (Å²) in [7, 11) is -5.83. The van der Waals surface area contributed by atoms with Gasteiger partial charge in [0.05, 0.1) is 6.61 Å². The van der Waals surface area contributed by atoms with Crippen LogP contribution in [0, 0.1) is 27.6 Å². The number of halogens is 2. The molecule has 0 aromatic rings. The topological polar surface area (TPSA) is 80.7 Å². The molecular formula is C16H24F2O5S. The lowest BCUT2D eigenvalue weighted by atomic mass is 9.24. The number of hydrogen-bond donors (Lipinski definition) is 1.